The maximum absolute atomic E-state index is 5.88. The molecule has 2 heterocycles. The molecular weight excluding hydrogens is 254 g/mol. The quantitative estimate of drug-likeness (QED) is 0.610. The van der Waals surface area contributed by atoms with Crippen LogP contribution in [-0.4, -0.2) is 41.1 Å². The van der Waals surface area contributed by atoms with Gasteiger partial charge < -0.3 is 15.1 Å². The third kappa shape index (κ3) is 3.37. The molecule has 6 nitrogen and oxygen atoms in total. The van der Waals surface area contributed by atoms with Gasteiger partial charge in [0.25, 0.3) is 0 Å². The van der Waals surface area contributed by atoms with Crippen molar-refractivity contribution in [3.8, 4) is 5.88 Å². The molecule has 1 aromatic rings. The van der Waals surface area contributed by atoms with Gasteiger partial charge in [0.15, 0.2) is 5.82 Å². The van der Waals surface area contributed by atoms with Crippen LogP contribution >= 0.6 is 0 Å². The van der Waals surface area contributed by atoms with E-state index in [2.05, 4.69) is 41.2 Å². The van der Waals surface area contributed by atoms with Gasteiger partial charge in [-0.2, -0.15) is 0 Å². The Kier molecular flexibility index (Phi) is 5.14. The van der Waals surface area contributed by atoms with E-state index in [0.29, 0.717) is 24.3 Å². The molecule has 0 aliphatic carbocycles. The zero-order chi connectivity index (χ0) is 14.5. The first-order valence-corrected chi connectivity index (χ1v) is 7.28. The zero-order valence-corrected chi connectivity index (χ0v) is 12.6. The van der Waals surface area contributed by atoms with Crippen LogP contribution in [0.15, 0.2) is 6.33 Å². The van der Waals surface area contributed by atoms with Crippen molar-refractivity contribution in [3.05, 3.63) is 11.9 Å². The largest absolute Gasteiger partial charge is 0.477 e. The van der Waals surface area contributed by atoms with Gasteiger partial charge in [0.05, 0.1) is 12.2 Å². The third-order valence-corrected chi connectivity index (χ3v) is 3.92. The highest BCUT2D eigenvalue weighted by atomic mass is 16.5. The number of ether oxygens (including phenoxy) is 1. The molecular formula is C14H25N5O. The molecule has 20 heavy (non-hydrogen) atoms. The molecule has 0 bridgehead atoms. The Morgan fingerprint density at radius 3 is 2.90 bits per heavy atom. The van der Waals surface area contributed by atoms with Crippen LogP contribution in [0.4, 0.5) is 5.82 Å². The number of rotatable bonds is 6. The van der Waals surface area contributed by atoms with Crippen molar-refractivity contribution < 1.29 is 4.74 Å². The molecule has 1 aliphatic rings. The number of nitrogens with two attached hydrogens (primary N) is 1. The van der Waals surface area contributed by atoms with E-state index in [0.717, 1.165) is 12.0 Å². The van der Waals surface area contributed by atoms with E-state index in [9.17, 15) is 0 Å². The predicted octanol–water partition coefficient (Wildman–Crippen LogP) is 1.75. The minimum Gasteiger partial charge on any atom is -0.477 e. The van der Waals surface area contributed by atoms with Crippen molar-refractivity contribution in [2.75, 3.05) is 25.6 Å². The molecule has 3 N–H and O–H groups in total. The third-order valence-electron chi connectivity index (χ3n) is 3.92. The number of nitrogens with zero attached hydrogens (tertiary/aromatic N) is 3. The Balaban J connectivity index is 1.98. The van der Waals surface area contributed by atoms with Gasteiger partial charge in [0.1, 0.15) is 6.33 Å². The number of hydrazine groups is 1. The molecule has 0 aromatic carbocycles. The molecule has 6 heteroatoms. The molecule has 1 aromatic heterocycles. The first-order valence-electron chi connectivity index (χ1n) is 7.28. The number of hydrogen-bond acceptors (Lipinski definition) is 6. The average Bonchev–Trinajstić information content (AvgIpc) is 2.84. The lowest BCUT2D eigenvalue weighted by Gasteiger charge is -2.20. The Morgan fingerprint density at radius 2 is 2.30 bits per heavy atom. The molecule has 112 valence electrons. The van der Waals surface area contributed by atoms with Gasteiger partial charge in [0.2, 0.25) is 5.88 Å². The van der Waals surface area contributed by atoms with Crippen LogP contribution in [0, 0.1) is 0 Å². The lowest BCUT2D eigenvalue weighted by molar-refractivity contribution is 0.226. The number of nitrogens with one attached hydrogen (secondary N) is 1. The topological polar surface area (TPSA) is 76.3 Å². The molecule has 0 saturated carbocycles. The van der Waals surface area contributed by atoms with Crippen LogP contribution in [0.1, 0.15) is 44.6 Å². The number of likely N-dealkylation sites (tertiary alicyclic amines) is 1. The Bertz CT molecular complexity index is 438. The van der Waals surface area contributed by atoms with E-state index in [-0.39, 0.29) is 5.92 Å². The summed E-state index contributed by atoms with van der Waals surface area (Å²) in [5.41, 5.74) is 3.56. The average molecular weight is 279 g/mol. The summed E-state index contributed by atoms with van der Waals surface area (Å²) in [5, 5.41) is 0. The van der Waals surface area contributed by atoms with Gasteiger partial charge in [-0.25, -0.2) is 15.8 Å². The van der Waals surface area contributed by atoms with E-state index in [4.69, 9.17) is 10.6 Å². The second kappa shape index (κ2) is 6.85. The molecule has 1 aliphatic heterocycles. The summed E-state index contributed by atoms with van der Waals surface area (Å²) in [6.07, 6.45) is 5.06. The summed E-state index contributed by atoms with van der Waals surface area (Å²) in [6, 6.07) is 0.631. The lowest BCUT2D eigenvalue weighted by Crippen LogP contribution is -2.26. The molecule has 0 radical (unpaired) electrons. The van der Waals surface area contributed by atoms with E-state index in [1.54, 1.807) is 0 Å². The highest BCUT2D eigenvalue weighted by molar-refractivity contribution is 5.49. The SMILES string of the molecule is CC(C)c1c(NN)ncnc1OCCC1CCCN1C. The number of aromatic nitrogens is 2. The van der Waals surface area contributed by atoms with Crippen LogP contribution in [0.3, 0.4) is 0 Å². The van der Waals surface area contributed by atoms with Gasteiger partial charge in [-0.05, 0) is 38.8 Å². The monoisotopic (exact) mass is 279 g/mol. The summed E-state index contributed by atoms with van der Waals surface area (Å²) in [5.74, 6) is 7.04. The van der Waals surface area contributed by atoms with Crippen LogP contribution < -0.4 is 16.0 Å². The van der Waals surface area contributed by atoms with E-state index >= 15 is 0 Å². The fourth-order valence-electron chi connectivity index (χ4n) is 2.77. The first-order chi connectivity index (χ1) is 9.63. The summed E-state index contributed by atoms with van der Waals surface area (Å²) in [4.78, 5) is 10.8. The molecule has 1 fully saturated rings. The van der Waals surface area contributed by atoms with Crippen molar-refractivity contribution >= 4 is 5.82 Å². The van der Waals surface area contributed by atoms with Crippen LogP contribution in [0.2, 0.25) is 0 Å². The van der Waals surface area contributed by atoms with Crippen LogP contribution in [0.25, 0.3) is 0 Å². The summed E-state index contributed by atoms with van der Waals surface area (Å²) >= 11 is 0. The Hall–Kier alpha value is -1.40. The summed E-state index contributed by atoms with van der Waals surface area (Å²) in [7, 11) is 2.18. The predicted molar refractivity (Wildman–Crippen MR) is 79.7 cm³/mol. The number of anilines is 1. The summed E-state index contributed by atoms with van der Waals surface area (Å²) < 4.78 is 5.88. The maximum Gasteiger partial charge on any atom is 0.222 e. The van der Waals surface area contributed by atoms with Crippen LogP contribution in [-0.2, 0) is 0 Å². The summed E-state index contributed by atoms with van der Waals surface area (Å²) in [6.45, 7) is 6.03. The minimum absolute atomic E-state index is 0.256. The standard InChI is InChI=1S/C14H25N5O/c1-10(2)12-13(18-15)16-9-17-14(12)20-8-6-11-5-4-7-19(11)3/h9-11H,4-8,15H2,1-3H3,(H,16,17,18). The molecule has 1 atom stereocenters. The molecule has 1 unspecified atom stereocenters. The van der Waals surface area contributed by atoms with E-state index in [1.807, 2.05) is 0 Å². The fraction of sp³-hybridized carbons (Fsp3) is 0.714. The number of hydrogen-bond donors (Lipinski definition) is 2. The van der Waals surface area contributed by atoms with Crippen molar-refractivity contribution in [3.63, 3.8) is 0 Å². The van der Waals surface area contributed by atoms with Gasteiger partial charge in [0, 0.05) is 6.04 Å². The molecule has 2 rings (SSSR count). The molecule has 0 amide bonds. The van der Waals surface area contributed by atoms with Crippen LogP contribution in [0.5, 0.6) is 5.88 Å². The highest BCUT2D eigenvalue weighted by Gasteiger charge is 2.21. The molecule has 1 saturated heterocycles. The van der Waals surface area contributed by atoms with Gasteiger partial charge in [-0.1, -0.05) is 13.8 Å². The second-order valence-electron chi connectivity index (χ2n) is 5.65. The number of nitrogen functional groups attached to an aromatic ring is 1. The van der Waals surface area contributed by atoms with Crippen molar-refractivity contribution in [2.24, 2.45) is 5.84 Å². The van der Waals surface area contributed by atoms with Crippen molar-refractivity contribution in [2.45, 2.75) is 45.1 Å². The zero-order valence-electron chi connectivity index (χ0n) is 12.6. The van der Waals surface area contributed by atoms with Gasteiger partial charge in [-0.3, -0.25) is 0 Å². The fourth-order valence-corrected chi connectivity index (χ4v) is 2.77. The van der Waals surface area contributed by atoms with E-state index < -0.39 is 0 Å². The van der Waals surface area contributed by atoms with Gasteiger partial charge >= 0.3 is 0 Å². The van der Waals surface area contributed by atoms with Gasteiger partial charge in [-0.15, -0.1) is 0 Å². The molecule has 0 spiro atoms. The normalized spacial score (nSPS) is 19.6. The van der Waals surface area contributed by atoms with E-state index in [1.165, 1.54) is 25.7 Å². The second-order valence-corrected chi connectivity index (χ2v) is 5.65. The maximum atomic E-state index is 5.88. The minimum atomic E-state index is 0.256. The Labute approximate surface area is 120 Å². The van der Waals surface area contributed by atoms with Crippen molar-refractivity contribution in [1.82, 2.24) is 14.9 Å². The smallest absolute Gasteiger partial charge is 0.222 e. The first kappa shape index (κ1) is 15.0. The lowest BCUT2D eigenvalue weighted by atomic mass is 10.1. The Morgan fingerprint density at radius 1 is 1.50 bits per heavy atom. The van der Waals surface area contributed by atoms with Crippen molar-refractivity contribution in [1.29, 1.82) is 0 Å². The highest BCUT2D eigenvalue weighted by Crippen LogP contribution is 2.29.